The van der Waals surface area contributed by atoms with Gasteiger partial charge in [0.05, 0.1) is 0 Å². The van der Waals surface area contributed by atoms with E-state index in [2.05, 4.69) is 10.2 Å². The molecule has 1 N–H and O–H groups in total. The Hall–Kier alpha value is -0.220. The normalized spacial score (nSPS) is 28.5. The highest BCUT2D eigenvalue weighted by molar-refractivity contribution is 7.99. The number of amides is 1. The summed E-state index contributed by atoms with van der Waals surface area (Å²) in [6.45, 7) is 4.03. The van der Waals surface area contributed by atoms with E-state index in [0.29, 0.717) is 11.8 Å². The molecule has 0 aliphatic carbocycles. The van der Waals surface area contributed by atoms with Gasteiger partial charge in [-0.25, -0.2) is 0 Å². The first-order valence-corrected chi connectivity index (χ1v) is 7.10. The lowest BCUT2D eigenvalue weighted by atomic mass is 9.99. The van der Waals surface area contributed by atoms with Gasteiger partial charge >= 0.3 is 0 Å². The third-order valence-corrected chi connectivity index (χ3v) is 4.19. The fraction of sp³-hybridized carbons (Fsp3) is 0.909. The van der Waals surface area contributed by atoms with Gasteiger partial charge in [-0.05, 0) is 32.4 Å². The summed E-state index contributed by atoms with van der Waals surface area (Å²) in [4.78, 5) is 14.3. The molecule has 15 heavy (non-hydrogen) atoms. The number of hydrogen-bond acceptors (Lipinski definition) is 3. The minimum absolute atomic E-state index is 0.295. The molecular formula is C11H20N2OS. The van der Waals surface area contributed by atoms with E-state index in [-0.39, 0.29) is 0 Å². The maximum absolute atomic E-state index is 12.2. The number of carbonyl (C=O) groups is 1. The predicted molar refractivity (Wildman–Crippen MR) is 64.1 cm³/mol. The van der Waals surface area contributed by atoms with E-state index in [1.807, 2.05) is 11.8 Å². The van der Waals surface area contributed by atoms with E-state index >= 15 is 0 Å². The molecule has 2 rings (SSSR count). The van der Waals surface area contributed by atoms with Gasteiger partial charge in [0.25, 0.3) is 0 Å². The number of nitrogens with one attached hydrogen (secondary N) is 1. The van der Waals surface area contributed by atoms with E-state index < -0.39 is 0 Å². The van der Waals surface area contributed by atoms with E-state index in [9.17, 15) is 4.79 Å². The molecule has 0 spiro atoms. The zero-order valence-corrected chi connectivity index (χ0v) is 10.0. The second-order valence-electron chi connectivity index (χ2n) is 4.32. The van der Waals surface area contributed by atoms with Gasteiger partial charge in [-0.3, -0.25) is 4.79 Å². The van der Waals surface area contributed by atoms with Crippen molar-refractivity contribution in [3.8, 4) is 0 Å². The molecule has 2 saturated heterocycles. The zero-order chi connectivity index (χ0) is 10.5. The molecule has 0 radical (unpaired) electrons. The molecule has 0 bridgehead atoms. The van der Waals surface area contributed by atoms with Crippen molar-refractivity contribution in [1.82, 2.24) is 10.2 Å². The van der Waals surface area contributed by atoms with Crippen LogP contribution >= 0.6 is 11.8 Å². The molecule has 2 aliphatic rings. The van der Waals surface area contributed by atoms with Crippen molar-refractivity contribution < 1.29 is 4.79 Å². The van der Waals surface area contributed by atoms with Crippen molar-refractivity contribution >= 4 is 17.7 Å². The molecule has 86 valence electrons. The Bertz CT molecular complexity index is 209. The molecule has 3 nitrogen and oxygen atoms in total. The Morgan fingerprint density at radius 3 is 2.80 bits per heavy atom. The van der Waals surface area contributed by atoms with Crippen LogP contribution in [0.2, 0.25) is 0 Å². The fourth-order valence-electron chi connectivity index (χ4n) is 2.31. The summed E-state index contributed by atoms with van der Waals surface area (Å²) in [5.74, 6) is 2.95. The van der Waals surface area contributed by atoms with Crippen molar-refractivity contribution in [1.29, 1.82) is 0 Å². The largest absolute Gasteiger partial charge is 0.341 e. The Morgan fingerprint density at radius 1 is 1.20 bits per heavy atom. The SMILES string of the molecule is O=C(C1CCCNCC1)N1CCSCC1. The van der Waals surface area contributed by atoms with E-state index in [1.54, 1.807) is 0 Å². The number of nitrogens with zero attached hydrogens (tertiary/aromatic N) is 1. The second-order valence-corrected chi connectivity index (χ2v) is 5.54. The van der Waals surface area contributed by atoms with Crippen molar-refractivity contribution in [3.63, 3.8) is 0 Å². The first-order chi connectivity index (χ1) is 7.38. The van der Waals surface area contributed by atoms with Crippen LogP contribution in [0.4, 0.5) is 0 Å². The number of rotatable bonds is 1. The van der Waals surface area contributed by atoms with Crippen LogP contribution in [0.15, 0.2) is 0 Å². The molecule has 0 aromatic carbocycles. The van der Waals surface area contributed by atoms with Crippen LogP contribution < -0.4 is 5.32 Å². The molecule has 2 fully saturated rings. The minimum atomic E-state index is 0.295. The van der Waals surface area contributed by atoms with Gasteiger partial charge in [0.1, 0.15) is 0 Å². The molecule has 0 saturated carbocycles. The summed E-state index contributed by atoms with van der Waals surface area (Å²) in [6.07, 6.45) is 3.26. The molecule has 1 amide bonds. The summed E-state index contributed by atoms with van der Waals surface area (Å²) in [5.41, 5.74) is 0. The van der Waals surface area contributed by atoms with Gasteiger partial charge in [0.2, 0.25) is 5.91 Å². The highest BCUT2D eigenvalue weighted by Crippen LogP contribution is 2.19. The van der Waals surface area contributed by atoms with Crippen LogP contribution in [0, 0.1) is 5.92 Å². The van der Waals surface area contributed by atoms with E-state index in [1.165, 1.54) is 0 Å². The number of hydrogen-bond donors (Lipinski definition) is 1. The summed E-state index contributed by atoms with van der Waals surface area (Å²) < 4.78 is 0. The molecule has 2 aliphatic heterocycles. The van der Waals surface area contributed by atoms with Crippen LogP contribution in [0.5, 0.6) is 0 Å². The van der Waals surface area contributed by atoms with Crippen molar-refractivity contribution in [2.24, 2.45) is 5.92 Å². The molecular weight excluding hydrogens is 208 g/mol. The van der Waals surface area contributed by atoms with Crippen LogP contribution in [0.25, 0.3) is 0 Å². The Morgan fingerprint density at radius 2 is 2.00 bits per heavy atom. The summed E-state index contributed by atoms with van der Waals surface area (Å²) in [6, 6.07) is 0. The van der Waals surface area contributed by atoms with Gasteiger partial charge < -0.3 is 10.2 Å². The maximum atomic E-state index is 12.2. The van der Waals surface area contributed by atoms with Gasteiger partial charge in [-0.1, -0.05) is 0 Å². The molecule has 4 heteroatoms. The maximum Gasteiger partial charge on any atom is 0.225 e. The standard InChI is InChI=1S/C11H20N2OS/c14-11(13-6-8-15-9-7-13)10-2-1-4-12-5-3-10/h10,12H,1-9H2. The average Bonchev–Trinajstić information content (AvgIpc) is 2.58. The third-order valence-electron chi connectivity index (χ3n) is 3.25. The Kier molecular flexibility index (Phi) is 4.32. The topological polar surface area (TPSA) is 32.3 Å². The molecule has 0 aromatic rings. The predicted octanol–water partition coefficient (Wildman–Crippen LogP) is 0.951. The van der Waals surface area contributed by atoms with Crippen molar-refractivity contribution in [2.75, 3.05) is 37.7 Å². The monoisotopic (exact) mass is 228 g/mol. The van der Waals surface area contributed by atoms with E-state index in [4.69, 9.17) is 0 Å². The highest BCUT2D eigenvalue weighted by atomic mass is 32.2. The number of carbonyl (C=O) groups excluding carboxylic acids is 1. The first kappa shape index (κ1) is 11.3. The lowest BCUT2D eigenvalue weighted by Crippen LogP contribution is -2.41. The molecule has 2 heterocycles. The smallest absolute Gasteiger partial charge is 0.225 e. The highest BCUT2D eigenvalue weighted by Gasteiger charge is 2.25. The molecule has 1 unspecified atom stereocenters. The summed E-state index contributed by atoms with van der Waals surface area (Å²) in [7, 11) is 0. The molecule has 0 aromatic heterocycles. The fourth-order valence-corrected chi connectivity index (χ4v) is 3.21. The second kappa shape index (κ2) is 5.75. The quantitative estimate of drug-likeness (QED) is 0.725. The Labute approximate surface area is 96.0 Å². The van der Waals surface area contributed by atoms with Crippen LogP contribution in [-0.4, -0.2) is 48.5 Å². The average molecular weight is 228 g/mol. The zero-order valence-electron chi connectivity index (χ0n) is 9.21. The number of thioether (sulfide) groups is 1. The first-order valence-electron chi connectivity index (χ1n) is 5.95. The van der Waals surface area contributed by atoms with Crippen LogP contribution in [-0.2, 0) is 4.79 Å². The van der Waals surface area contributed by atoms with Crippen molar-refractivity contribution in [3.05, 3.63) is 0 Å². The summed E-state index contributed by atoms with van der Waals surface area (Å²) >= 11 is 1.96. The van der Waals surface area contributed by atoms with Crippen molar-refractivity contribution in [2.45, 2.75) is 19.3 Å². The molecule has 1 atom stereocenters. The third kappa shape index (κ3) is 3.11. The van der Waals surface area contributed by atoms with Gasteiger partial charge in [0.15, 0.2) is 0 Å². The van der Waals surface area contributed by atoms with Gasteiger partial charge in [-0.15, -0.1) is 0 Å². The van der Waals surface area contributed by atoms with Gasteiger partial charge in [-0.2, -0.15) is 11.8 Å². The minimum Gasteiger partial charge on any atom is -0.341 e. The van der Waals surface area contributed by atoms with Crippen LogP contribution in [0.3, 0.4) is 0 Å². The lowest BCUT2D eigenvalue weighted by Gasteiger charge is -2.29. The van der Waals surface area contributed by atoms with Crippen LogP contribution in [0.1, 0.15) is 19.3 Å². The lowest BCUT2D eigenvalue weighted by molar-refractivity contribution is -0.135. The Balaban J connectivity index is 1.87. The van der Waals surface area contributed by atoms with Gasteiger partial charge in [0, 0.05) is 30.5 Å². The van der Waals surface area contributed by atoms with E-state index in [0.717, 1.165) is 56.9 Å². The summed E-state index contributed by atoms with van der Waals surface area (Å²) in [5, 5.41) is 3.36.